The maximum Gasteiger partial charge on any atom is 0.416 e. The number of fused-ring (bicyclic) bond motifs is 3. The highest BCUT2D eigenvalue weighted by atomic mass is 79.9. The van der Waals surface area contributed by atoms with Gasteiger partial charge in [0.2, 0.25) is 11.3 Å². The van der Waals surface area contributed by atoms with Crippen molar-refractivity contribution in [1.29, 1.82) is 0 Å². The van der Waals surface area contributed by atoms with Crippen LogP contribution in [0, 0.1) is 5.82 Å². The number of nitrogens with zero attached hydrogens (tertiary/aromatic N) is 4. The summed E-state index contributed by atoms with van der Waals surface area (Å²) in [5.41, 5.74) is -0.461. The quantitative estimate of drug-likeness (QED) is 0.275. The van der Waals surface area contributed by atoms with Crippen LogP contribution in [-0.4, -0.2) is 38.7 Å². The smallest absolute Gasteiger partial charge is 0.346 e. The lowest BCUT2D eigenvalue weighted by Gasteiger charge is -2.17. The minimum Gasteiger partial charge on any atom is -0.346 e. The summed E-state index contributed by atoms with van der Waals surface area (Å²) in [6, 6.07) is 5.93. The predicted molar refractivity (Wildman–Crippen MR) is 143 cm³/mol. The number of hydrogen-bond acceptors (Lipinski definition) is 6. The first kappa shape index (κ1) is 27.8. The zero-order valence-corrected chi connectivity index (χ0v) is 23.3. The van der Waals surface area contributed by atoms with Crippen molar-refractivity contribution in [3.63, 3.8) is 0 Å². The van der Waals surface area contributed by atoms with Crippen LogP contribution in [-0.2, 0) is 20.4 Å². The van der Waals surface area contributed by atoms with Crippen LogP contribution in [0.15, 0.2) is 45.7 Å². The summed E-state index contributed by atoms with van der Waals surface area (Å²) in [5, 5.41) is 11.0. The number of aromatic nitrogens is 4. The summed E-state index contributed by atoms with van der Waals surface area (Å²) in [6.45, 7) is 2.52. The molecule has 214 valence electrons. The number of alkyl halides is 3. The molecule has 1 saturated heterocycles. The Morgan fingerprint density at radius 2 is 1.88 bits per heavy atom. The highest BCUT2D eigenvalue weighted by molar-refractivity contribution is 9.10. The van der Waals surface area contributed by atoms with Crippen molar-refractivity contribution >= 4 is 50.3 Å². The molecule has 2 atom stereocenters. The molecule has 2 unspecified atom stereocenters. The lowest BCUT2D eigenvalue weighted by molar-refractivity contribution is -0.137. The van der Waals surface area contributed by atoms with E-state index in [4.69, 9.17) is 21.1 Å². The molecule has 0 aliphatic carbocycles. The van der Waals surface area contributed by atoms with E-state index in [0.717, 1.165) is 23.0 Å². The number of nitrogens with one attached hydrogen (secondary N) is 1. The molecule has 1 N–H and O–H groups in total. The van der Waals surface area contributed by atoms with Gasteiger partial charge < -0.3 is 19.4 Å². The normalized spacial score (nSPS) is 19.2. The number of carbonyl (C=O) groups excluding carboxylic acids is 1. The molecule has 1 fully saturated rings. The summed E-state index contributed by atoms with van der Waals surface area (Å²) in [5.74, 6) is -1.46. The van der Waals surface area contributed by atoms with E-state index >= 15 is 0 Å². The van der Waals surface area contributed by atoms with Crippen LogP contribution in [0.2, 0.25) is 5.02 Å². The van der Waals surface area contributed by atoms with Crippen molar-refractivity contribution in [1.82, 2.24) is 19.6 Å². The summed E-state index contributed by atoms with van der Waals surface area (Å²) in [7, 11) is 0. The van der Waals surface area contributed by atoms with Gasteiger partial charge in [-0.25, -0.2) is 4.39 Å². The van der Waals surface area contributed by atoms with Gasteiger partial charge >= 0.3 is 6.18 Å². The standard InChI is InChI=1S/C26H19BrClF4N5O4/c1-11-8-18(24(39)33-17-5-2-12(9-15(17)28)26(30,31)32)36-21(11)19(27)22(38)20-23(36)35-37(34-20)13-3-4-14(16(29)10-13)25-40-6-7-41-25/h2-5,9-11,18,25H,6-8H2,1H3,(H,33,39). The monoisotopic (exact) mass is 655 g/mol. The highest BCUT2D eigenvalue weighted by Gasteiger charge is 2.38. The SMILES string of the molecule is CC1CC(C(=O)Nc2ccc(C(F)(F)F)cc2Cl)n2c1c(Br)c(=O)c1nn(-c3ccc(C4OCCO4)c(F)c3)nc12. The molecule has 4 aromatic rings. The Kier molecular flexibility index (Phi) is 6.91. The minimum absolute atomic E-state index is 0.00318. The average Bonchev–Trinajstić information content (AvgIpc) is 3.67. The highest BCUT2D eigenvalue weighted by Crippen LogP contribution is 2.42. The first-order valence-corrected chi connectivity index (χ1v) is 13.5. The van der Waals surface area contributed by atoms with Crippen molar-refractivity contribution < 1.29 is 31.8 Å². The van der Waals surface area contributed by atoms with Gasteiger partial charge in [-0.2, -0.15) is 13.2 Å². The third-order valence-corrected chi connectivity index (χ3v) is 8.10. The van der Waals surface area contributed by atoms with Gasteiger partial charge in [-0.3, -0.25) is 9.59 Å². The maximum absolute atomic E-state index is 14.9. The topological polar surface area (TPSA) is 100 Å². The average molecular weight is 657 g/mol. The zero-order chi connectivity index (χ0) is 29.2. The molecule has 2 aromatic carbocycles. The van der Waals surface area contributed by atoms with E-state index in [1.165, 1.54) is 12.1 Å². The molecule has 1 amide bonds. The fourth-order valence-corrected chi connectivity index (χ4v) is 6.09. The predicted octanol–water partition coefficient (Wildman–Crippen LogP) is 5.89. The fraction of sp³-hybridized carbons (Fsp3) is 0.308. The largest absolute Gasteiger partial charge is 0.416 e. The Bertz CT molecular complexity index is 1770. The molecule has 2 aromatic heterocycles. The molecule has 41 heavy (non-hydrogen) atoms. The number of anilines is 1. The molecule has 2 aliphatic heterocycles. The second kappa shape index (κ2) is 10.2. The van der Waals surface area contributed by atoms with E-state index in [9.17, 15) is 27.2 Å². The number of rotatable bonds is 4. The summed E-state index contributed by atoms with van der Waals surface area (Å²) in [4.78, 5) is 27.7. The number of hydrogen-bond donors (Lipinski definition) is 1. The van der Waals surface area contributed by atoms with E-state index in [1.807, 2.05) is 6.92 Å². The Morgan fingerprint density at radius 1 is 1.15 bits per heavy atom. The van der Waals surface area contributed by atoms with Crippen molar-refractivity contribution in [2.45, 2.75) is 37.8 Å². The van der Waals surface area contributed by atoms with Crippen molar-refractivity contribution in [2.24, 2.45) is 0 Å². The second-order valence-electron chi connectivity index (χ2n) is 9.67. The Hall–Kier alpha value is -3.33. The molecule has 0 spiro atoms. The molecule has 9 nitrogen and oxygen atoms in total. The second-order valence-corrected chi connectivity index (χ2v) is 10.9. The number of benzene rings is 2. The van der Waals surface area contributed by atoms with Gasteiger partial charge in [0.05, 0.1) is 39.6 Å². The Balaban J connectivity index is 1.39. The lowest BCUT2D eigenvalue weighted by Crippen LogP contribution is -2.25. The van der Waals surface area contributed by atoms with Crippen LogP contribution in [0.3, 0.4) is 0 Å². The molecule has 4 heterocycles. The van der Waals surface area contributed by atoms with E-state index in [0.29, 0.717) is 18.9 Å². The number of amides is 1. The van der Waals surface area contributed by atoms with Gasteiger partial charge in [-0.15, -0.1) is 15.0 Å². The van der Waals surface area contributed by atoms with E-state index in [-0.39, 0.29) is 49.9 Å². The molecule has 0 radical (unpaired) electrons. The van der Waals surface area contributed by atoms with Crippen LogP contribution >= 0.6 is 27.5 Å². The van der Waals surface area contributed by atoms with Crippen LogP contribution in [0.1, 0.15) is 48.4 Å². The van der Waals surface area contributed by atoms with E-state index < -0.39 is 41.2 Å². The summed E-state index contributed by atoms with van der Waals surface area (Å²) in [6.07, 6.45) is -5.16. The van der Waals surface area contributed by atoms with Gasteiger partial charge in [0.15, 0.2) is 17.5 Å². The Morgan fingerprint density at radius 3 is 2.54 bits per heavy atom. The van der Waals surface area contributed by atoms with Gasteiger partial charge in [-0.05, 0) is 52.7 Å². The van der Waals surface area contributed by atoms with Gasteiger partial charge in [0.1, 0.15) is 11.9 Å². The lowest BCUT2D eigenvalue weighted by atomic mass is 10.0. The van der Waals surface area contributed by atoms with Crippen LogP contribution in [0.5, 0.6) is 0 Å². The summed E-state index contributed by atoms with van der Waals surface area (Å²) >= 11 is 9.39. The van der Waals surface area contributed by atoms with Gasteiger partial charge in [-0.1, -0.05) is 18.5 Å². The van der Waals surface area contributed by atoms with Crippen LogP contribution in [0.4, 0.5) is 23.2 Å². The number of ether oxygens (including phenoxy) is 2. The van der Waals surface area contributed by atoms with Crippen LogP contribution in [0.25, 0.3) is 16.9 Å². The van der Waals surface area contributed by atoms with Gasteiger partial charge in [0.25, 0.3) is 0 Å². The molecule has 6 rings (SSSR count). The summed E-state index contributed by atoms with van der Waals surface area (Å²) < 4.78 is 66.5. The molecular formula is C26H19BrClF4N5O4. The van der Waals surface area contributed by atoms with E-state index in [2.05, 4.69) is 31.4 Å². The molecule has 15 heteroatoms. The number of carbonyl (C=O) groups is 1. The molecule has 2 aliphatic rings. The Labute approximate surface area is 242 Å². The first-order valence-electron chi connectivity index (χ1n) is 12.4. The third kappa shape index (κ3) is 4.82. The third-order valence-electron chi connectivity index (χ3n) is 7.03. The molecule has 0 saturated carbocycles. The molecular weight excluding hydrogens is 638 g/mol. The van der Waals surface area contributed by atoms with Crippen molar-refractivity contribution in [2.75, 3.05) is 18.5 Å². The maximum atomic E-state index is 14.9. The van der Waals surface area contributed by atoms with Crippen LogP contribution < -0.4 is 10.7 Å². The van der Waals surface area contributed by atoms with E-state index in [1.54, 1.807) is 10.6 Å². The fourth-order valence-electron chi connectivity index (χ4n) is 5.09. The minimum atomic E-state index is -4.59. The van der Waals surface area contributed by atoms with Gasteiger partial charge in [0, 0.05) is 23.2 Å². The van der Waals surface area contributed by atoms with Crippen molar-refractivity contribution in [3.05, 3.63) is 78.8 Å². The first-order chi connectivity index (χ1) is 19.4. The molecule has 0 bridgehead atoms. The zero-order valence-electron chi connectivity index (χ0n) is 21.0. The van der Waals surface area contributed by atoms with Crippen molar-refractivity contribution in [3.8, 4) is 5.69 Å². The number of halogens is 6. The number of pyridine rings is 1.